The minimum absolute atomic E-state index is 0.0552. The van der Waals surface area contributed by atoms with Crippen molar-refractivity contribution in [2.75, 3.05) is 58.4 Å². The molecule has 1 N–H and O–H groups in total. The lowest BCUT2D eigenvalue weighted by Gasteiger charge is -2.30. The first-order chi connectivity index (χ1) is 14.0. The number of morpholine rings is 1. The maximum Gasteiger partial charge on any atom is 0.251 e. The highest BCUT2D eigenvalue weighted by Gasteiger charge is 2.41. The molecule has 2 saturated heterocycles. The molecule has 2 heterocycles. The Morgan fingerprint density at radius 2 is 1.93 bits per heavy atom. The average Bonchev–Trinajstić information content (AvgIpc) is 2.92. The number of likely N-dealkylation sites (N-methyl/N-ethyl adjacent to an activating group) is 1. The second-order valence-electron chi connectivity index (χ2n) is 7.05. The van der Waals surface area contributed by atoms with Crippen molar-refractivity contribution >= 4 is 34.8 Å². The Kier molecular flexibility index (Phi) is 7.40. The number of benzene rings is 1. The first-order valence-electron chi connectivity index (χ1n) is 9.90. The van der Waals surface area contributed by atoms with Crippen molar-refractivity contribution in [2.45, 2.75) is 19.4 Å². The van der Waals surface area contributed by atoms with Gasteiger partial charge in [-0.25, -0.2) is 0 Å². The van der Waals surface area contributed by atoms with E-state index >= 15 is 0 Å². The van der Waals surface area contributed by atoms with Crippen LogP contribution in [0.15, 0.2) is 24.3 Å². The van der Waals surface area contributed by atoms with Gasteiger partial charge in [-0.2, -0.15) is 0 Å². The Morgan fingerprint density at radius 1 is 1.24 bits per heavy atom. The fraction of sp³-hybridized carbons (Fsp3) is 0.550. The highest BCUT2D eigenvalue weighted by molar-refractivity contribution is 7.80. The van der Waals surface area contributed by atoms with Crippen LogP contribution in [-0.2, 0) is 14.3 Å². The summed E-state index contributed by atoms with van der Waals surface area (Å²) in [4.78, 5) is 30.8. The summed E-state index contributed by atoms with van der Waals surface area (Å²) in [5, 5.41) is 3.33. The maximum atomic E-state index is 12.6. The molecule has 29 heavy (non-hydrogen) atoms. The topological polar surface area (TPSA) is 74.4 Å². The van der Waals surface area contributed by atoms with Gasteiger partial charge in [0.1, 0.15) is 11.8 Å². The lowest BCUT2D eigenvalue weighted by Crippen LogP contribution is -2.45. The zero-order valence-corrected chi connectivity index (χ0v) is 17.7. The third kappa shape index (κ3) is 5.43. The van der Waals surface area contributed by atoms with E-state index in [4.69, 9.17) is 21.7 Å². The van der Waals surface area contributed by atoms with Crippen LogP contribution in [0.4, 0.5) is 5.69 Å². The van der Waals surface area contributed by atoms with Crippen LogP contribution >= 0.6 is 12.2 Å². The quantitative estimate of drug-likeness (QED) is 0.633. The van der Waals surface area contributed by atoms with Crippen LogP contribution in [0.1, 0.15) is 13.3 Å². The molecule has 0 saturated carbocycles. The van der Waals surface area contributed by atoms with Crippen molar-refractivity contribution in [3.63, 3.8) is 0 Å². The van der Waals surface area contributed by atoms with Gasteiger partial charge in [-0.3, -0.25) is 19.4 Å². The van der Waals surface area contributed by atoms with Gasteiger partial charge in [0.05, 0.1) is 26.2 Å². The summed E-state index contributed by atoms with van der Waals surface area (Å²) in [7, 11) is 1.66. The van der Waals surface area contributed by atoms with Gasteiger partial charge in [-0.05, 0) is 43.4 Å². The van der Waals surface area contributed by atoms with Crippen molar-refractivity contribution < 1.29 is 19.1 Å². The molecule has 158 valence electrons. The van der Waals surface area contributed by atoms with Gasteiger partial charge in [0.15, 0.2) is 5.11 Å². The predicted octanol–water partition coefficient (Wildman–Crippen LogP) is 1.17. The number of anilines is 1. The number of hydrogen-bond donors (Lipinski definition) is 1. The van der Waals surface area contributed by atoms with Crippen LogP contribution in [0.3, 0.4) is 0 Å². The van der Waals surface area contributed by atoms with E-state index in [9.17, 15) is 9.59 Å². The van der Waals surface area contributed by atoms with E-state index in [0.29, 0.717) is 24.0 Å². The molecule has 1 aromatic rings. The van der Waals surface area contributed by atoms with Gasteiger partial charge in [0.25, 0.3) is 5.91 Å². The third-order valence-corrected chi connectivity index (χ3v) is 5.62. The van der Waals surface area contributed by atoms with Crippen molar-refractivity contribution in [3.8, 4) is 5.75 Å². The van der Waals surface area contributed by atoms with E-state index in [2.05, 4.69) is 10.2 Å². The number of amides is 2. The molecule has 0 aliphatic carbocycles. The minimum atomic E-state index is -0.573. The predicted molar refractivity (Wildman–Crippen MR) is 114 cm³/mol. The molecule has 0 aromatic heterocycles. The molecule has 1 atom stereocenters. The molecule has 0 unspecified atom stereocenters. The van der Waals surface area contributed by atoms with Crippen molar-refractivity contribution in [1.82, 2.24) is 14.7 Å². The monoisotopic (exact) mass is 420 g/mol. The summed E-state index contributed by atoms with van der Waals surface area (Å²) in [6.45, 7) is 7.07. The van der Waals surface area contributed by atoms with Gasteiger partial charge >= 0.3 is 0 Å². The number of thiocarbonyl (C=S) groups is 1. The fourth-order valence-corrected chi connectivity index (χ4v) is 3.80. The molecule has 0 radical (unpaired) electrons. The first-order valence-corrected chi connectivity index (χ1v) is 10.3. The van der Waals surface area contributed by atoms with E-state index in [1.165, 1.54) is 4.90 Å². The van der Waals surface area contributed by atoms with E-state index < -0.39 is 6.04 Å². The Labute approximate surface area is 176 Å². The molecule has 1 aromatic carbocycles. The molecule has 2 aliphatic rings. The van der Waals surface area contributed by atoms with Crippen LogP contribution in [0.2, 0.25) is 0 Å². The van der Waals surface area contributed by atoms with Gasteiger partial charge in [-0.1, -0.05) is 0 Å². The number of ether oxygens (including phenoxy) is 2. The van der Waals surface area contributed by atoms with Crippen molar-refractivity contribution in [1.29, 1.82) is 0 Å². The van der Waals surface area contributed by atoms with Crippen LogP contribution < -0.4 is 10.1 Å². The molecule has 3 rings (SSSR count). The summed E-state index contributed by atoms with van der Waals surface area (Å²) < 4.78 is 10.8. The van der Waals surface area contributed by atoms with Crippen LogP contribution in [0.25, 0.3) is 0 Å². The maximum absolute atomic E-state index is 12.6. The molecule has 2 fully saturated rings. The summed E-state index contributed by atoms with van der Waals surface area (Å²) in [6, 6.07) is 6.60. The van der Waals surface area contributed by atoms with E-state index in [1.54, 1.807) is 31.3 Å². The second kappa shape index (κ2) is 10.00. The summed E-state index contributed by atoms with van der Waals surface area (Å²) >= 11 is 5.45. The Hall–Kier alpha value is -2.23. The largest absolute Gasteiger partial charge is 0.494 e. The number of rotatable bonds is 8. The summed E-state index contributed by atoms with van der Waals surface area (Å²) in [5.41, 5.74) is 0.666. The van der Waals surface area contributed by atoms with E-state index in [1.807, 2.05) is 11.8 Å². The summed E-state index contributed by atoms with van der Waals surface area (Å²) in [6.07, 6.45) is 0.0552. The molecule has 8 nitrogen and oxygen atoms in total. The van der Waals surface area contributed by atoms with Gasteiger partial charge in [-0.15, -0.1) is 0 Å². The molecule has 9 heteroatoms. The van der Waals surface area contributed by atoms with Crippen molar-refractivity contribution in [2.24, 2.45) is 0 Å². The van der Waals surface area contributed by atoms with Crippen LogP contribution in [-0.4, -0.2) is 90.7 Å². The summed E-state index contributed by atoms with van der Waals surface area (Å²) in [5.74, 6) is 0.388. The first kappa shape index (κ1) is 21.5. The molecular weight excluding hydrogens is 392 g/mol. The third-order valence-electron chi connectivity index (χ3n) is 5.11. The molecule has 2 aliphatic heterocycles. The van der Waals surface area contributed by atoms with Crippen LogP contribution in [0.5, 0.6) is 5.75 Å². The smallest absolute Gasteiger partial charge is 0.251 e. The Balaban J connectivity index is 1.58. The van der Waals surface area contributed by atoms with Gasteiger partial charge in [0.2, 0.25) is 5.91 Å². The molecule has 0 bridgehead atoms. The minimum Gasteiger partial charge on any atom is -0.494 e. The number of nitrogens with zero attached hydrogens (tertiary/aromatic N) is 3. The SMILES string of the molecule is CCOc1ccc(NC(=O)C[C@H]2C(=O)N(C)C(=S)N2CCN2CCOCC2)cc1. The molecule has 2 amide bonds. The Morgan fingerprint density at radius 3 is 2.59 bits per heavy atom. The number of carbonyl (C=O) groups excluding carboxylic acids is 2. The number of nitrogens with one attached hydrogen (secondary N) is 1. The lowest BCUT2D eigenvalue weighted by atomic mass is 10.1. The molecular formula is C20H28N4O4S. The Bertz CT molecular complexity index is 737. The van der Waals surface area contributed by atoms with E-state index in [-0.39, 0.29) is 18.2 Å². The normalized spacial score (nSPS) is 20.3. The zero-order chi connectivity index (χ0) is 20.8. The van der Waals surface area contributed by atoms with E-state index in [0.717, 1.165) is 38.6 Å². The second-order valence-corrected chi connectivity index (χ2v) is 7.42. The number of hydrogen-bond acceptors (Lipinski definition) is 6. The average molecular weight is 421 g/mol. The highest BCUT2D eigenvalue weighted by Crippen LogP contribution is 2.21. The number of carbonyl (C=O) groups is 2. The lowest BCUT2D eigenvalue weighted by molar-refractivity contribution is -0.130. The zero-order valence-electron chi connectivity index (χ0n) is 16.9. The van der Waals surface area contributed by atoms with Crippen LogP contribution in [0, 0.1) is 0 Å². The standard InChI is InChI=1S/C20H28N4O4S/c1-3-28-16-6-4-15(5-7-16)21-18(25)14-17-19(26)22(2)20(29)24(17)9-8-23-10-12-27-13-11-23/h4-7,17H,3,8-14H2,1-2H3,(H,21,25)/t17-/m0/s1. The fourth-order valence-electron chi connectivity index (χ4n) is 3.49. The molecule has 0 spiro atoms. The van der Waals surface area contributed by atoms with Gasteiger partial charge < -0.3 is 19.7 Å². The van der Waals surface area contributed by atoms with Gasteiger partial charge in [0, 0.05) is 38.9 Å². The van der Waals surface area contributed by atoms with Crippen molar-refractivity contribution in [3.05, 3.63) is 24.3 Å². The highest BCUT2D eigenvalue weighted by atomic mass is 32.1.